The molecule has 0 saturated carbocycles. The number of rotatable bonds is 3. The van der Waals surface area contributed by atoms with E-state index in [2.05, 4.69) is 25.2 Å². The predicted molar refractivity (Wildman–Crippen MR) is 62.0 cm³/mol. The molecule has 0 radical (unpaired) electrons. The van der Waals surface area contributed by atoms with E-state index in [1.807, 2.05) is 18.4 Å². The van der Waals surface area contributed by atoms with Crippen LogP contribution in [0.15, 0.2) is 23.1 Å². The van der Waals surface area contributed by atoms with Crippen molar-refractivity contribution in [2.75, 3.05) is 11.6 Å². The summed E-state index contributed by atoms with van der Waals surface area (Å²) in [6.45, 7) is 4.22. The molecule has 0 atom stereocenters. The summed E-state index contributed by atoms with van der Waals surface area (Å²) in [4.78, 5) is 1.12. The highest BCUT2D eigenvalue weighted by atomic mass is 35.5. The van der Waals surface area contributed by atoms with E-state index in [-0.39, 0.29) is 0 Å². The van der Waals surface area contributed by atoms with E-state index in [9.17, 15) is 0 Å². The topological polar surface area (TPSA) is 12.0 Å². The van der Waals surface area contributed by atoms with Crippen LogP contribution in [0, 0.1) is 0 Å². The Morgan fingerprint density at radius 1 is 1.38 bits per heavy atom. The van der Waals surface area contributed by atoms with Crippen molar-refractivity contribution < 1.29 is 0 Å². The summed E-state index contributed by atoms with van der Waals surface area (Å²) in [5.74, 6) is 0. The maximum atomic E-state index is 6.05. The van der Waals surface area contributed by atoms with Gasteiger partial charge in [0, 0.05) is 16.6 Å². The van der Waals surface area contributed by atoms with Crippen molar-refractivity contribution in [3.05, 3.63) is 23.2 Å². The van der Waals surface area contributed by atoms with Crippen LogP contribution in [-0.2, 0) is 0 Å². The summed E-state index contributed by atoms with van der Waals surface area (Å²) < 4.78 is 0. The Bertz CT molecular complexity index is 286. The molecule has 0 heterocycles. The quantitative estimate of drug-likeness (QED) is 0.768. The first kappa shape index (κ1) is 10.7. The van der Waals surface area contributed by atoms with Gasteiger partial charge in [0.15, 0.2) is 0 Å². The van der Waals surface area contributed by atoms with E-state index in [1.54, 1.807) is 11.8 Å². The summed E-state index contributed by atoms with van der Waals surface area (Å²) in [6, 6.07) is 6.50. The molecule has 0 fully saturated rings. The lowest BCUT2D eigenvalue weighted by molar-refractivity contribution is 0.899. The van der Waals surface area contributed by atoms with Crippen molar-refractivity contribution in [3.63, 3.8) is 0 Å². The lowest BCUT2D eigenvalue weighted by atomic mass is 10.3. The predicted octanol–water partition coefficient (Wildman–Crippen LogP) is 3.88. The third-order valence-electron chi connectivity index (χ3n) is 1.61. The first-order chi connectivity index (χ1) is 6.13. The molecule has 1 aromatic carbocycles. The molecule has 0 spiro atoms. The molecule has 0 unspecified atom stereocenters. The fourth-order valence-electron chi connectivity index (χ4n) is 1.09. The molecule has 3 heteroatoms. The molecule has 0 aromatic heterocycles. The first-order valence-corrected chi connectivity index (χ1v) is 5.84. The van der Waals surface area contributed by atoms with Gasteiger partial charge in [-0.05, 0) is 38.3 Å². The molecule has 1 nitrogen and oxygen atoms in total. The van der Waals surface area contributed by atoms with Crippen LogP contribution >= 0.6 is 23.4 Å². The van der Waals surface area contributed by atoms with Gasteiger partial charge < -0.3 is 5.32 Å². The zero-order valence-corrected chi connectivity index (χ0v) is 9.67. The van der Waals surface area contributed by atoms with Crippen molar-refractivity contribution in [1.29, 1.82) is 0 Å². The maximum absolute atomic E-state index is 6.05. The monoisotopic (exact) mass is 215 g/mol. The zero-order chi connectivity index (χ0) is 9.84. The largest absolute Gasteiger partial charge is 0.383 e. The molecule has 13 heavy (non-hydrogen) atoms. The number of thioether (sulfide) groups is 1. The van der Waals surface area contributed by atoms with Crippen LogP contribution < -0.4 is 5.32 Å². The minimum Gasteiger partial charge on any atom is -0.383 e. The molecule has 1 rings (SSSR count). The Morgan fingerprint density at radius 3 is 2.54 bits per heavy atom. The third kappa shape index (κ3) is 3.12. The summed E-state index contributed by atoms with van der Waals surface area (Å²) in [6.07, 6.45) is 2.02. The van der Waals surface area contributed by atoms with Gasteiger partial charge in [-0.25, -0.2) is 0 Å². The number of hydrogen-bond acceptors (Lipinski definition) is 2. The summed E-state index contributed by atoms with van der Waals surface area (Å²) in [7, 11) is 0. The van der Waals surface area contributed by atoms with Crippen molar-refractivity contribution in [1.82, 2.24) is 0 Å². The van der Waals surface area contributed by atoms with Gasteiger partial charge in [-0.15, -0.1) is 11.8 Å². The Hall–Kier alpha value is -0.340. The van der Waals surface area contributed by atoms with Gasteiger partial charge in [0.05, 0.1) is 5.02 Å². The fraction of sp³-hybridized carbons (Fsp3) is 0.400. The molecule has 1 aromatic rings. The van der Waals surface area contributed by atoms with E-state index < -0.39 is 0 Å². The van der Waals surface area contributed by atoms with Crippen LogP contribution in [0.3, 0.4) is 0 Å². The lowest BCUT2D eigenvalue weighted by Gasteiger charge is -2.11. The number of nitrogens with one attached hydrogen (secondary N) is 1. The van der Waals surface area contributed by atoms with Gasteiger partial charge in [0.1, 0.15) is 0 Å². The van der Waals surface area contributed by atoms with Crippen molar-refractivity contribution in [2.45, 2.75) is 24.8 Å². The second kappa shape index (κ2) is 4.77. The molecule has 0 saturated heterocycles. The highest BCUT2D eigenvalue weighted by Gasteiger charge is 2.00. The van der Waals surface area contributed by atoms with E-state index in [1.165, 1.54) is 0 Å². The van der Waals surface area contributed by atoms with E-state index >= 15 is 0 Å². The second-order valence-electron chi connectivity index (χ2n) is 3.15. The van der Waals surface area contributed by atoms with Crippen LogP contribution in [0.1, 0.15) is 13.8 Å². The molecule has 0 aliphatic heterocycles. The Labute approximate surface area is 88.9 Å². The first-order valence-electron chi connectivity index (χ1n) is 4.23. The second-order valence-corrected chi connectivity index (χ2v) is 4.40. The smallest absolute Gasteiger partial charge is 0.0562 e. The third-order valence-corrected chi connectivity index (χ3v) is 2.83. The molecule has 0 aliphatic carbocycles. The van der Waals surface area contributed by atoms with Crippen molar-refractivity contribution >= 4 is 29.1 Å². The number of anilines is 1. The lowest BCUT2D eigenvalue weighted by Crippen LogP contribution is -2.09. The van der Waals surface area contributed by atoms with Crippen molar-refractivity contribution in [3.8, 4) is 0 Å². The Morgan fingerprint density at radius 2 is 2.08 bits per heavy atom. The minimum absolute atomic E-state index is 0.441. The molecule has 72 valence electrons. The average molecular weight is 216 g/mol. The number of hydrogen-bond donors (Lipinski definition) is 1. The van der Waals surface area contributed by atoms with Gasteiger partial charge in [-0.3, -0.25) is 0 Å². The van der Waals surface area contributed by atoms with Gasteiger partial charge in [0.2, 0.25) is 0 Å². The van der Waals surface area contributed by atoms with Crippen LogP contribution in [0.2, 0.25) is 5.02 Å². The van der Waals surface area contributed by atoms with Crippen LogP contribution in [0.4, 0.5) is 5.69 Å². The van der Waals surface area contributed by atoms with E-state index in [0.717, 1.165) is 15.6 Å². The Balaban J connectivity index is 2.83. The summed E-state index contributed by atoms with van der Waals surface area (Å²) in [5.41, 5.74) is 1.08. The molecular formula is C10H14ClNS. The van der Waals surface area contributed by atoms with Crippen LogP contribution in [0.5, 0.6) is 0 Å². The molecule has 0 bridgehead atoms. The minimum atomic E-state index is 0.441. The summed E-state index contributed by atoms with van der Waals surface area (Å²) in [5, 5.41) is 4.12. The van der Waals surface area contributed by atoms with Gasteiger partial charge in [0.25, 0.3) is 0 Å². The number of benzene rings is 1. The molecular weight excluding hydrogens is 202 g/mol. The normalized spacial score (nSPS) is 10.5. The van der Waals surface area contributed by atoms with E-state index in [0.29, 0.717) is 6.04 Å². The van der Waals surface area contributed by atoms with Crippen LogP contribution in [0.25, 0.3) is 0 Å². The van der Waals surface area contributed by atoms with Crippen molar-refractivity contribution in [2.24, 2.45) is 0 Å². The van der Waals surface area contributed by atoms with Crippen LogP contribution in [-0.4, -0.2) is 12.3 Å². The zero-order valence-electron chi connectivity index (χ0n) is 8.10. The van der Waals surface area contributed by atoms with Gasteiger partial charge >= 0.3 is 0 Å². The van der Waals surface area contributed by atoms with Gasteiger partial charge in [-0.1, -0.05) is 11.6 Å². The molecule has 0 amide bonds. The highest BCUT2D eigenvalue weighted by Crippen LogP contribution is 2.28. The summed E-state index contributed by atoms with van der Waals surface area (Å²) >= 11 is 7.72. The Kier molecular flexibility index (Phi) is 3.94. The molecule has 1 N–H and O–H groups in total. The maximum Gasteiger partial charge on any atom is 0.0562 e. The molecule has 0 aliphatic rings. The SMILES string of the molecule is CSc1ccc(NC(C)C)cc1Cl. The van der Waals surface area contributed by atoms with E-state index in [4.69, 9.17) is 11.6 Å². The fourth-order valence-corrected chi connectivity index (χ4v) is 1.96. The number of halogens is 1. The van der Waals surface area contributed by atoms with Gasteiger partial charge in [-0.2, -0.15) is 0 Å². The standard InChI is InChI=1S/C10H14ClNS/c1-7(2)12-8-4-5-10(13-3)9(11)6-8/h4-7,12H,1-3H3. The average Bonchev–Trinajstić information content (AvgIpc) is 2.03. The highest BCUT2D eigenvalue weighted by molar-refractivity contribution is 7.98.